The first-order valence-corrected chi connectivity index (χ1v) is 16.3. The van der Waals surface area contributed by atoms with Crippen molar-refractivity contribution in [3.8, 4) is 11.4 Å². The van der Waals surface area contributed by atoms with E-state index in [-0.39, 0.29) is 0 Å². The summed E-state index contributed by atoms with van der Waals surface area (Å²) < 4.78 is 4.82. The van der Waals surface area contributed by atoms with Crippen LogP contribution in [-0.2, 0) is 5.41 Å². The first kappa shape index (κ1) is 24.4. The second-order valence-electron chi connectivity index (χ2n) is 13.8. The lowest BCUT2D eigenvalue weighted by molar-refractivity contribution is -0.00512. The van der Waals surface area contributed by atoms with E-state index in [2.05, 4.69) is 112 Å². The largest absolute Gasteiger partial charge is 0.309 e. The third-order valence-corrected chi connectivity index (χ3v) is 11.6. The number of fused-ring (bicyclic) bond motifs is 6. The van der Waals surface area contributed by atoms with E-state index in [0.29, 0.717) is 5.41 Å². The summed E-state index contributed by atoms with van der Waals surface area (Å²) in [4.78, 5) is 0. The lowest BCUT2D eigenvalue weighted by Gasteiger charge is -2.57. The standard InChI is InChI=1S/C40H33ClN2/c41-29-10-16-39-35(21-29)34-20-28(40-22-25-17-26(23-40)19-27(18-25)24-40)9-15-38(34)43(39)31-13-11-30(12-14-31)42-36-7-3-1-5-32(36)33-6-2-4-8-37(33)42/h1-16,20-21,25-27H,17-19,22-24H2. The average molecular weight is 577 g/mol. The van der Waals surface area contributed by atoms with Crippen LogP contribution in [0.1, 0.15) is 44.1 Å². The number of rotatable bonds is 3. The van der Waals surface area contributed by atoms with Crippen LogP contribution in [-0.4, -0.2) is 9.13 Å². The summed E-state index contributed by atoms with van der Waals surface area (Å²) in [6, 6.07) is 40.3. The van der Waals surface area contributed by atoms with Gasteiger partial charge in [0.1, 0.15) is 0 Å². The van der Waals surface area contributed by atoms with E-state index >= 15 is 0 Å². The highest BCUT2D eigenvalue weighted by Crippen LogP contribution is 2.61. The first-order chi connectivity index (χ1) is 21.1. The quantitative estimate of drug-likeness (QED) is 0.198. The van der Waals surface area contributed by atoms with Crippen LogP contribution in [0.3, 0.4) is 0 Å². The second kappa shape index (κ2) is 8.77. The zero-order chi connectivity index (χ0) is 28.3. The van der Waals surface area contributed by atoms with Crippen molar-refractivity contribution >= 4 is 55.2 Å². The molecule has 5 aromatic carbocycles. The van der Waals surface area contributed by atoms with Gasteiger partial charge >= 0.3 is 0 Å². The molecule has 0 saturated heterocycles. The predicted octanol–water partition coefficient (Wildman–Crippen LogP) is 11.0. The Morgan fingerprint density at radius 3 is 1.51 bits per heavy atom. The first-order valence-electron chi connectivity index (χ1n) is 16.0. The van der Waals surface area contributed by atoms with Gasteiger partial charge in [-0.1, -0.05) is 54.1 Å². The van der Waals surface area contributed by atoms with Crippen molar-refractivity contribution < 1.29 is 0 Å². The molecule has 2 aromatic heterocycles. The number of halogens is 1. The molecule has 4 aliphatic carbocycles. The van der Waals surface area contributed by atoms with Crippen LogP contribution < -0.4 is 0 Å². The summed E-state index contributed by atoms with van der Waals surface area (Å²) in [6.45, 7) is 0. The van der Waals surface area contributed by atoms with E-state index in [4.69, 9.17) is 11.6 Å². The Hall–Kier alpha value is -4.01. The van der Waals surface area contributed by atoms with Gasteiger partial charge in [-0.3, -0.25) is 0 Å². The van der Waals surface area contributed by atoms with Crippen LogP contribution in [0.4, 0.5) is 0 Å². The third-order valence-electron chi connectivity index (χ3n) is 11.3. The van der Waals surface area contributed by atoms with Crippen LogP contribution in [0.25, 0.3) is 55.0 Å². The molecule has 2 heterocycles. The Kier molecular flexibility index (Phi) is 4.98. The lowest BCUT2D eigenvalue weighted by Crippen LogP contribution is -2.48. The Morgan fingerprint density at radius 1 is 0.488 bits per heavy atom. The van der Waals surface area contributed by atoms with Gasteiger partial charge in [0.2, 0.25) is 0 Å². The molecule has 4 saturated carbocycles. The van der Waals surface area contributed by atoms with E-state index in [9.17, 15) is 0 Å². The van der Waals surface area contributed by atoms with E-state index in [1.54, 1.807) is 5.56 Å². The maximum absolute atomic E-state index is 6.63. The molecule has 3 heteroatoms. The van der Waals surface area contributed by atoms with E-state index < -0.39 is 0 Å². The van der Waals surface area contributed by atoms with Gasteiger partial charge in [-0.2, -0.15) is 0 Å². The van der Waals surface area contributed by atoms with Crippen LogP contribution in [0.2, 0.25) is 5.02 Å². The van der Waals surface area contributed by atoms with Gasteiger partial charge in [-0.05, 0) is 134 Å². The Balaban J connectivity index is 1.13. The smallest absolute Gasteiger partial charge is 0.0542 e. The van der Waals surface area contributed by atoms with Crippen molar-refractivity contribution in [2.45, 2.75) is 43.9 Å². The molecule has 7 aromatic rings. The molecule has 0 unspecified atom stereocenters. The number of aromatic nitrogens is 2. The molecule has 0 N–H and O–H groups in total. The van der Waals surface area contributed by atoms with Crippen molar-refractivity contribution in [1.82, 2.24) is 9.13 Å². The minimum atomic E-state index is 0.375. The summed E-state index contributed by atoms with van der Waals surface area (Å²) in [7, 11) is 0. The second-order valence-corrected chi connectivity index (χ2v) is 14.2. The Labute approximate surface area is 256 Å². The molecular formula is C40H33ClN2. The monoisotopic (exact) mass is 576 g/mol. The zero-order valence-corrected chi connectivity index (χ0v) is 24.9. The van der Waals surface area contributed by atoms with Gasteiger partial charge in [-0.15, -0.1) is 0 Å². The highest BCUT2D eigenvalue weighted by molar-refractivity contribution is 6.32. The van der Waals surface area contributed by atoms with Crippen molar-refractivity contribution in [2.24, 2.45) is 17.8 Å². The molecule has 0 aliphatic heterocycles. The molecule has 0 atom stereocenters. The summed E-state index contributed by atoms with van der Waals surface area (Å²) in [5.74, 6) is 2.81. The molecule has 2 nitrogen and oxygen atoms in total. The van der Waals surface area contributed by atoms with E-state index in [0.717, 1.165) is 22.8 Å². The molecule has 0 amide bonds. The van der Waals surface area contributed by atoms with Crippen molar-refractivity contribution in [3.63, 3.8) is 0 Å². The maximum atomic E-state index is 6.63. The molecule has 210 valence electrons. The van der Waals surface area contributed by atoms with Gasteiger partial charge in [0.05, 0.1) is 22.1 Å². The van der Waals surface area contributed by atoms with E-state index in [1.807, 2.05) is 6.07 Å². The molecule has 0 spiro atoms. The molecular weight excluding hydrogens is 544 g/mol. The van der Waals surface area contributed by atoms with E-state index in [1.165, 1.54) is 93.5 Å². The summed E-state index contributed by atoms with van der Waals surface area (Å²) >= 11 is 6.63. The number of hydrogen-bond donors (Lipinski definition) is 0. The fraction of sp³-hybridized carbons (Fsp3) is 0.250. The number of hydrogen-bond acceptors (Lipinski definition) is 0. The van der Waals surface area contributed by atoms with Crippen LogP contribution in [0.15, 0.2) is 109 Å². The topological polar surface area (TPSA) is 9.86 Å². The molecule has 0 radical (unpaired) electrons. The lowest BCUT2D eigenvalue weighted by atomic mass is 9.48. The number of nitrogens with zero attached hydrogens (tertiary/aromatic N) is 2. The fourth-order valence-corrected chi connectivity index (χ4v) is 10.2. The van der Waals surface area contributed by atoms with Crippen molar-refractivity contribution in [1.29, 1.82) is 0 Å². The predicted molar refractivity (Wildman–Crippen MR) is 180 cm³/mol. The van der Waals surface area contributed by atoms with Crippen LogP contribution >= 0.6 is 11.6 Å². The third kappa shape index (κ3) is 3.48. The van der Waals surface area contributed by atoms with Gasteiger partial charge in [0.15, 0.2) is 0 Å². The van der Waals surface area contributed by atoms with Crippen LogP contribution in [0, 0.1) is 17.8 Å². The minimum absolute atomic E-state index is 0.375. The maximum Gasteiger partial charge on any atom is 0.0542 e. The van der Waals surface area contributed by atoms with Crippen LogP contribution in [0.5, 0.6) is 0 Å². The zero-order valence-electron chi connectivity index (χ0n) is 24.1. The van der Waals surface area contributed by atoms with Gasteiger partial charge < -0.3 is 9.13 Å². The fourth-order valence-electron chi connectivity index (χ4n) is 10.0. The molecule has 43 heavy (non-hydrogen) atoms. The molecule has 4 aliphatic rings. The summed E-state index contributed by atoms with van der Waals surface area (Å²) in [6.07, 6.45) is 8.57. The molecule has 4 fully saturated rings. The molecule has 4 bridgehead atoms. The number of benzene rings is 5. The SMILES string of the molecule is Clc1ccc2c(c1)c1cc(C34CC5CC(CC(C5)C3)C4)ccc1n2-c1ccc(-n2c3ccccc3c3ccccc32)cc1. The highest BCUT2D eigenvalue weighted by Gasteiger charge is 2.51. The van der Waals surface area contributed by atoms with Crippen molar-refractivity contribution in [3.05, 3.63) is 120 Å². The normalized spacial score (nSPS) is 24.6. The summed E-state index contributed by atoms with van der Waals surface area (Å²) in [5.41, 5.74) is 9.24. The highest BCUT2D eigenvalue weighted by atomic mass is 35.5. The number of para-hydroxylation sites is 2. The van der Waals surface area contributed by atoms with Gasteiger partial charge in [0, 0.05) is 37.9 Å². The average Bonchev–Trinajstić information content (AvgIpc) is 3.53. The van der Waals surface area contributed by atoms with Gasteiger partial charge in [-0.25, -0.2) is 0 Å². The Bertz CT molecular complexity index is 2140. The summed E-state index contributed by atoms with van der Waals surface area (Å²) in [5, 5.41) is 5.96. The Morgan fingerprint density at radius 2 is 0.953 bits per heavy atom. The van der Waals surface area contributed by atoms with Crippen molar-refractivity contribution in [2.75, 3.05) is 0 Å². The van der Waals surface area contributed by atoms with Gasteiger partial charge in [0.25, 0.3) is 0 Å². The molecule has 11 rings (SSSR count). The minimum Gasteiger partial charge on any atom is -0.309 e.